The first-order valence-corrected chi connectivity index (χ1v) is 11.0. The zero-order valence-corrected chi connectivity index (χ0v) is 17.6. The van der Waals surface area contributed by atoms with Crippen LogP contribution in [0, 0.1) is 11.8 Å². The second-order valence-electron chi connectivity index (χ2n) is 7.88. The van der Waals surface area contributed by atoms with Gasteiger partial charge in [0.25, 0.3) is 5.91 Å². The average molecular weight is 428 g/mol. The predicted octanol–water partition coefficient (Wildman–Crippen LogP) is 5.05. The number of aromatic hydroxyl groups is 1. The summed E-state index contributed by atoms with van der Waals surface area (Å²) >= 11 is 6.90. The summed E-state index contributed by atoms with van der Waals surface area (Å²) in [6, 6.07) is 8.98. The van der Waals surface area contributed by atoms with E-state index in [-0.39, 0.29) is 17.7 Å². The standard InChI is InChI=1S/C22H21NO4S2/c1-26-19-10-14(4-6-17(19)24)18-7-5-15(27-18)11-20-21(25)23(22(28)29-20)16-9-12-2-3-13(16)8-12/h4-7,10-13,16,24H,2-3,8-9H2,1H3/b20-11-. The summed E-state index contributed by atoms with van der Waals surface area (Å²) in [5, 5.41) is 9.76. The van der Waals surface area contributed by atoms with Gasteiger partial charge < -0.3 is 14.3 Å². The zero-order chi connectivity index (χ0) is 20.1. The number of phenolic OH excluding ortho intramolecular Hbond substituents is 1. The smallest absolute Gasteiger partial charge is 0.266 e. The molecule has 1 aromatic heterocycles. The number of hydrogen-bond acceptors (Lipinski definition) is 6. The number of rotatable bonds is 4. The Morgan fingerprint density at radius 1 is 1.28 bits per heavy atom. The van der Waals surface area contributed by atoms with E-state index < -0.39 is 0 Å². The number of nitrogens with zero attached hydrogens (tertiary/aromatic N) is 1. The van der Waals surface area contributed by atoms with Gasteiger partial charge in [0.05, 0.1) is 12.0 Å². The van der Waals surface area contributed by atoms with Gasteiger partial charge in [0.2, 0.25) is 0 Å². The first-order chi connectivity index (χ1) is 14.0. The molecule has 7 heteroatoms. The predicted molar refractivity (Wildman–Crippen MR) is 117 cm³/mol. The van der Waals surface area contributed by atoms with Crippen LogP contribution in [0.2, 0.25) is 0 Å². The number of methoxy groups -OCH3 is 1. The van der Waals surface area contributed by atoms with Crippen LogP contribution < -0.4 is 4.74 Å². The van der Waals surface area contributed by atoms with E-state index in [1.54, 1.807) is 24.3 Å². The average Bonchev–Trinajstić information content (AvgIpc) is 3.48. The van der Waals surface area contributed by atoms with Gasteiger partial charge >= 0.3 is 0 Å². The Morgan fingerprint density at radius 3 is 2.86 bits per heavy atom. The molecule has 0 spiro atoms. The van der Waals surface area contributed by atoms with Crippen LogP contribution in [0.5, 0.6) is 11.5 Å². The van der Waals surface area contributed by atoms with Crippen LogP contribution in [0.1, 0.15) is 31.4 Å². The number of carbonyl (C=O) groups is 1. The fraction of sp³-hybridized carbons (Fsp3) is 0.364. The van der Waals surface area contributed by atoms with E-state index in [1.165, 1.54) is 38.1 Å². The highest BCUT2D eigenvalue weighted by Gasteiger charge is 2.47. The number of phenols is 1. The highest BCUT2D eigenvalue weighted by Crippen LogP contribution is 2.49. The van der Waals surface area contributed by atoms with Gasteiger partial charge in [0.1, 0.15) is 15.8 Å². The molecule has 1 aromatic carbocycles. The Balaban J connectivity index is 1.37. The Labute approximate surface area is 178 Å². The Morgan fingerprint density at radius 2 is 2.14 bits per heavy atom. The van der Waals surface area contributed by atoms with Gasteiger partial charge in [0.15, 0.2) is 11.5 Å². The molecule has 3 unspecified atom stereocenters. The van der Waals surface area contributed by atoms with Crippen LogP contribution >= 0.6 is 24.0 Å². The minimum atomic E-state index is 0.00167. The number of hydrogen-bond donors (Lipinski definition) is 1. The third-order valence-corrected chi connectivity index (χ3v) is 7.55. The molecular formula is C22H21NO4S2. The summed E-state index contributed by atoms with van der Waals surface area (Å²) in [7, 11) is 1.50. The van der Waals surface area contributed by atoms with Crippen LogP contribution in [-0.2, 0) is 4.79 Å². The molecular weight excluding hydrogens is 406 g/mol. The van der Waals surface area contributed by atoms with Gasteiger partial charge in [-0.1, -0.05) is 30.4 Å². The lowest BCUT2D eigenvalue weighted by molar-refractivity contribution is -0.124. The summed E-state index contributed by atoms with van der Waals surface area (Å²) in [5.74, 6) is 3.05. The molecule has 3 aliphatic rings. The third kappa shape index (κ3) is 3.26. The highest BCUT2D eigenvalue weighted by atomic mass is 32.2. The summed E-state index contributed by atoms with van der Waals surface area (Å²) < 4.78 is 11.7. The van der Waals surface area contributed by atoms with Gasteiger partial charge in [-0.25, -0.2) is 0 Å². The lowest BCUT2D eigenvalue weighted by Crippen LogP contribution is -2.41. The molecule has 2 saturated carbocycles. The molecule has 29 heavy (non-hydrogen) atoms. The number of carbonyl (C=O) groups excluding carboxylic acids is 1. The van der Waals surface area contributed by atoms with E-state index in [1.807, 2.05) is 17.0 Å². The Kier molecular flexibility index (Phi) is 4.67. The van der Waals surface area contributed by atoms with E-state index >= 15 is 0 Å². The lowest BCUT2D eigenvalue weighted by atomic mass is 9.94. The van der Waals surface area contributed by atoms with Crippen molar-refractivity contribution >= 4 is 40.3 Å². The molecule has 5 nitrogen and oxygen atoms in total. The van der Waals surface area contributed by atoms with Crippen molar-refractivity contribution in [3.63, 3.8) is 0 Å². The molecule has 150 valence electrons. The Hall–Kier alpha value is -2.25. The maximum atomic E-state index is 13.0. The molecule has 0 radical (unpaired) electrons. The number of furan rings is 1. The molecule has 1 amide bonds. The number of thioether (sulfide) groups is 1. The molecule has 3 fully saturated rings. The summed E-state index contributed by atoms with van der Waals surface area (Å²) in [4.78, 5) is 15.5. The summed E-state index contributed by atoms with van der Waals surface area (Å²) in [6.07, 6.45) is 6.59. The van der Waals surface area contributed by atoms with Crippen LogP contribution in [0.25, 0.3) is 17.4 Å². The van der Waals surface area contributed by atoms with Gasteiger partial charge in [-0.15, -0.1) is 0 Å². The third-order valence-electron chi connectivity index (χ3n) is 6.22. The number of thiocarbonyl (C=S) groups is 1. The maximum Gasteiger partial charge on any atom is 0.266 e. The molecule has 1 N–H and O–H groups in total. The molecule has 2 aliphatic carbocycles. The quantitative estimate of drug-likeness (QED) is 0.544. The van der Waals surface area contributed by atoms with Crippen molar-refractivity contribution in [2.45, 2.75) is 31.7 Å². The maximum absolute atomic E-state index is 13.0. The second kappa shape index (κ2) is 7.22. The SMILES string of the molecule is COc1cc(-c2ccc(/C=C3\SC(=S)N(C4CC5CCC4C5)C3=O)o2)ccc1O. The number of amides is 1. The van der Waals surface area contributed by atoms with Gasteiger partial charge in [-0.2, -0.15) is 0 Å². The number of fused-ring (bicyclic) bond motifs is 2. The summed E-state index contributed by atoms with van der Waals surface area (Å²) in [6.45, 7) is 0. The zero-order valence-electron chi connectivity index (χ0n) is 16.0. The monoisotopic (exact) mass is 427 g/mol. The lowest BCUT2D eigenvalue weighted by Gasteiger charge is -2.30. The molecule has 3 atom stereocenters. The van der Waals surface area contributed by atoms with Crippen molar-refractivity contribution in [3.05, 3.63) is 41.0 Å². The van der Waals surface area contributed by atoms with E-state index in [2.05, 4.69) is 0 Å². The van der Waals surface area contributed by atoms with Crippen molar-refractivity contribution in [2.24, 2.45) is 11.8 Å². The van der Waals surface area contributed by atoms with Crippen molar-refractivity contribution in [3.8, 4) is 22.8 Å². The van der Waals surface area contributed by atoms with Crippen LogP contribution in [0.4, 0.5) is 0 Å². The van der Waals surface area contributed by atoms with Gasteiger partial charge in [-0.3, -0.25) is 9.69 Å². The fourth-order valence-electron chi connectivity index (χ4n) is 4.84. The van der Waals surface area contributed by atoms with Crippen molar-refractivity contribution in [1.82, 2.24) is 4.90 Å². The topological polar surface area (TPSA) is 62.9 Å². The van der Waals surface area contributed by atoms with Gasteiger partial charge in [0, 0.05) is 17.7 Å². The van der Waals surface area contributed by atoms with Crippen molar-refractivity contribution < 1.29 is 19.1 Å². The molecule has 5 rings (SSSR count). The molecule has 1 saturated heterocycles. The van der Waals surface area contributed by atoms with Crippen LogP contribution in [0.15, 0.2) is 39.7 Å². The summed E-state index contributed by atoms with van der Waals surface area (Å²) in [5.41, 5.74) is 0.786. The number of benzene rings is 1. The molecule has 2 heterocycles. The first-order valence-electron chi connectivity index (χ1n) is 9.78. The number of ether oxygens (including phenoxy) is 1. The van der Waals surface area contributed by atoms with E-state index in [0.717, 1.165) is 17.9 Å². The minimum Gasteiger partial charge on any atom is -0.504 e. The second-order valence-corrected chi connectivity index (χ2v) is 9.56. The molecule has 2 aromatic rings. The van der Waals surface area contributed by atoms with Crippen molar-refractivity contribution in [1.29, 1.82) is 0 Å². The normalized spacial score (nSPS) is 27.4. The van der Waals surface area contributed by atoms with Crippen LogP contribution in [0.3, 0.4) is 0 Å². The fourth-order valence-corrected chi connectivity index (χ4v) is 6.19. The largest absolute Gasteiger partial charge is 0.504 e. The van der Waals surface area contributed by atoms with E-state index in [0.29, 0.717) is 32.4 Å². The molecule has 2 bridgehead atoms. The highest BCUT2D eigenvalue weighted by molar-refractivity contribution is 8.26. The molecule has 1 aliphatic heterocycles. The van der Waals surface area contributed by atoms with E-state index in [4.69, 9.17) is 21.4 Å². The van der Waals surface area contributed by atoms with E-state index in [9.17, 15) is 9.90 Å². The Bertz CT molecular complexity index is 1030. The van der Waals surface area contributed by atoms with Crippen LogP contribution in [-0.4, -0.2) is 33.4 Å². The van der Waals surface area contributed by atoms with Crippen molar-refractivity contribution in [2.75, 3.05) is 7.11 Å². The first kappa shape index (κ1) is 18.8. The van der Waals surface area contributed by atoms with Gasteiger partial charge in [-0.05, 0) is 61.4 Å². The minimum absolute atomic E-state index is 0.00167.